The van der Waals surface area contributed by atoms with Gasteiger partial charge in [0.1, 0.15) is 16.1 Å². The van der Waals surface area contributed by atoms with E-state index < -0.39 is 30.3 Å². The van der Waals surface area contributed by atoms with Crippen molar-refractivity contribution in [2.24, 2.45) is 0 Å². The minimum atomic E-state index is -2.82. The van der Waals surface area contributed by atoms with E-state index >= 15 is 0 Å². The number of pyridine rings is 1. The average Bonchev–Trinajstić information content (AvgIpc) is 3.40. The van der Waals surface area contributed by atoms with Crippen LogP contribution in [0.15, 0.2) is 30.5 Å². The van der Waals surface area contributed by atoms with Crippen LogP contribution in [0.25, 0.3) is 10.3 Å². The molecule has 3 aromatic rings. The first kappa shape index (κ1) is 22.2. The smallest absolute Gasteiger partial charge is 0.323 e. The number of carbonyl (C=O) groups excluding carboxylic acids is 1. The first-order valence-electron chi connectivity index (χ1n) is 9.69. The number of alkyl halides is 2. The van der Waals surface area contributed by atoms with Crippen LogP contribution in [-0.2, 0) is 6.54 Å². The number of likely N-dealkylation sites (tertiary alicyclic amines) is 1. The van der Waals surface area contributed by atoms with E-state index in [9.17, 15) is 22.4 Å². The van der Waals surface area contributed by atoms with Gasteiger partial charge in [0.15, 0.2) is 16.8 Å². The van der Waals surface area contributed by atoms with Crippen molar-refractivity contribution in [2.45, 2.75) is 25.6 Å². The van der Waals surface area contributed by atoms with Gasteiger partial charge >= 0.3 is 6.03 Å². The highest BCUT2D eigenvalue weighted by Crippen LogP contribution is 2.31. The monoisotopic (exact) mass is 469 g/mol. The van der Waals surface area contributed by atoms with Crippen molar-refractivity contribution in [3.63, 3.8) is 0 Å². The molecule has 0 radical (unpaired) electrons. The van der Waals surface area contributed by atoms with E-state index in [-0.39, 0.29) is 25.2 Å². The largest absolute Gasteiger partial charge is 0.494 e. The van der Waals surface area contributed by atoms with Crippen molar-refractivity contribution in [3.8, 4) is 5.75 Å². The number of hydrogen-bond acceptors (Lipinski definition) is 6. The van der Waals surface area contributed by atoms with Gasteiger partial charge in [0.2, 0.25) is 0 Å². The molecule has 7 nitrogen and oxygen atoms in total. The van der Waals surface area contributed by atoms with Gasteiger partial charge in [-0.05, 0) is 24.1 Å². The van der Waals surface area contributed by atoms with Crippen molar-refractivity contribution in [3.05, 3.63) is 47.7 Å². The van der Waals surface area contributed by atoms with Gasteiger partial charge in [-0.2, -0.15) is 8.78 Å². The van der Waals surface area contributed by atoms with E-state index in [2.05, 4.69) is 15.3 Å². The molecule has 1 aromatic carbocycles. The maximum Gasteiger partial charge on any atom is 0.323 e. The number of aromatic nitrogens is 2. The fourth-order valence-electron chi connectivity index (χ4n) is 3.60. The zero-order chi connectivity index (χ0) is 22.8. The zero-order valence-electron chi connectivity index (χ0n) is 16.9. The second kappa shape index (κ2) is 9.25. The maximum atomic E-state index is 13.7. The van der Waals surface area contributed by atoms with Crippen LogP contribution in [0, 0.1) is 11.6 Å². The molecule has 0 spiro atoms. The van der Waals surface area contributed by atoms with Crippen molar-refractivity contribution in [1.29, 1.82) is 0 Å². The third-order valence-corrected chi connectivity index (χ3v) is 6.09. The Balaban J connectivity index is 1.42. The molecule has 1 unspecified atom stereocenters. The second-order valence-electron chi connectivity index (χ2n) is 7.20. The topological polar surface area (TPSA) is 70.6 Å². The molecule has 1 atom stereocenters. The Labute approximate surface area is 184 Å². The number of hydrogen-bond donors (Lipinski definition) is 1. The van der Waals surface area contributed by atoms with Gasteiger partial charge in [-0.3, -0.25) is 5.32 Å². The highest BCUT2D eigenvalue weighted by atomic mass is 32.1. The number of thiazole rings is 1. The fourth-order valence-corrected chi connectivity index (χ4v) is 4.42. The molecule has 12 heteroatoms. The van der Waals surface area contributed by atoms with Crippen molar-refractivity contribution >= 4 is 32.8 Å². The lowest BCUT2D eigenvalue weighted by atomic mass is 10.1. The quantitative estimate of drug-likeness (QED) is 0.430. The van der Waals surface area contributed by atoms with Gasteiger partial charge < -0.3 is 9.64 Å². The molecule has 170 valence electrons. The molecule has 0 saturated carbocycles. The predicted molar refractivity (Wildman–Crippen MR) is 111 cm³/mol. The summed E-state index contributed by atoms with van der Waals surface area (Å²) in [7, 11) is 1.51. The van der Waals surface area contributed by atoms with E-state index in [4.69, 9.17) is 4.74 Å². The first-order chi connectivity index (χ1) is 15.4. The summed E-state index contributed by atoms with van der Waals surface area (Å²) in [5, 5.41) is 3.00. The van der Waals surface area contributed by atoms with Gasteiger partial charge in [0.05, 0.1) is 7.11 Å². The van der Waals surface area contributed by atoms with E-state index in [1.807, 2.05) is 0 Å². The second-order valence-corrected chi connectivity index (χ2v) is 8.18. The third-order valence-electron chi connectivity index (χ3n) is 5.21. The van der Waals surface area contributed by atoms with Crippen LogP contribution in [0.5, 0.6) is 5.75 Å². The van der Waals surface area contributed by atoms with Crippen LogP contribution >= 0.6 is 11.3 Å². The van der Waals surface area contributed by atoms with E-state index in [0.717, 1.165) is 17.0 Å². The Morgan fingerprint density at radius 1 is 1.34 bits per heavy atom. The molecule has 1 saturated heterocycles. The molecule has 1 aliphatic heterocycles. The van der Waals surface area contributed by atoms with E-state index in [1.165, 1.54) is 29.4 Å². The summed E-state index contributed by atoms with van der Waals surface area (Å²) in [6.45, 7) is -2.76. The number of anilines is 1. The highest BCUT2D eigenvalue weighted by molar-refractivity contribution is 7.22. The molecule has 3 heterocycles. The van der Waals surface area contributed by atoms with Crippen LogP contribution in [0.1, 0.15) is 12.0 Å². The summed E-state index contributed by atoms with van der Waals surface area (Å²) in [6, 6.07) is 3.64. The Kier molecular flexibility index (Phi) is 6.42. The SMILES string of the molecule is COc1ccnc2sc(NC(=O)N3CCC(N(Cc4ccc(F)c(F)c4)C(F)F)C3)nc12. The lowest BCUT2D eigenvalue weighted by Crippen LogP contribution is -2.42. The lowest BCUT2D eigenvalue weighted by molar-refractivity contribution is -0.0567. The summed E-state index contributed by atoms with van der Waals surface area (Å²) in [4.78, 5) is 24.1. The lowest BCUT2D eigenvalue weighted by Gasteiger charge is -2.28. The van der Waals surface area contributed by atoms with Crippen LogP contribution in [-0.4, -0.2) is 58.6 Å². The molecule has 0 bridgehead atoms. The number of ether oxygens (including phenoxy) is 1. The molecule has 1 aliphatic rings. The molecule has 2 aromatic heterocycles. The summed E-state index contributed by atoms with van der Waals surface area (Å²) in [5.74, 6) is -1.60. The van der Waals surface area contributed by atoms with Crippen molar-refractivity contribution in [1.82, 2.24) is 19.8 Å². The molecule has 4 rings (SSSR count). The molecule has 1 N–H and O–H groups in total. The number of nitrogens with one attached hydrogen (secondary N) is 1. The van der Waals surface area contributed by atoms with Gasteiger partial charge in [0, 0.05) is 37.9 Å². The van der Waals surface area contributed by atoms with Gasteiger partial charge in [-0.15, -0.1) is 0 Å². The zero-order valence-corrected chi connectivity index (χ0v) is 17.7. The summed E-state index contributed by atoms with van der Waals surface area (Å²) in [5.41, 5.74) is 0.744. The van der Waals surface area contributed by atoms with Crippen LogP contribution in [0.2, 0.25) is 0 Å². The first-order valence-corrected chi connectivity index (χ1v) is 10.5. The number of carbonyl (C=O) groups is 1. The summed E-state index contributed by atoms with van der Waals surface area (Å²) >= 11 is 1.17. The van der Waals surface area contributed by atoms with Gasteiger partial charge in [0.25, 0.3) is 6.55 Å². The van der Waals surface area contributed by atoms with Crippen molar-refractivity contribution < 1.29 is 27.1 Å². The highest BCUT2D eigenvalue weighted by Gasteiger charge is 2.34. The minimum Gasteiger partial charge on any atom is -0.494 e. The van der Waals surface area contributed by atoms with Crippen molar-refractivity contribution in [2.75, 3.05) is 25.5 Å². The summed E-state index contributed by atoms with van der Waals surface area (Å²) < 4.78 is 59.2. The molecule has 1 fully saturated rings. The number of amides is 2. The third kappa shape index (κ3) is 4.60. The minimum absolute atomic E-state index is 0.0618. The molecule has 32 heavy (non-hydrogen) atoms. The van der Waals surface area contributed by atoms with Crippen LogP contribution in [0.3, 0.4) is 0 Å². The molecule has 0 aliphatic carbocycles. The Morgan fingerprint density at radius 3 is 2.88 bits per heavy atom. The number of rotatable bonds is 6. The van der Waals surface area contributed by atoms with Crippen LogP contribution < -0.4 is 10.1 Å². The molecular formula is C20H19F4N5O2S. The standard InChI is InChI=1S/C20H19F4N5O2S/c1-31-15-4-6-25-17-16(15)26-19(32-17)27-20(30)28-7-5-12(10-28)29(18(23)24)9-11-2-3-13(21)14(22)8-11/h2-4,6,8,12,18H,5,7,9-10H2,1H3,(H,26,27,30). The Morgan fingerprint density at radius 2 is 2.16 bits per heavy atom. The number of methoxy groups -OCH3 is 1. The maximum absolute atomic E-state index is 13.7. The Hall–Kier alpha value is -2.99. The molecular weight excluding hydrogens is 450 g/mol. The average molecular weight is 469 g/mol. The van der Waals surface area contributed by atoms with E-state index in [0.29, 0.717) is 27.6 Å². The fraction of sp³-hybridized carbons (Fsp3) is 0.350. The number of halogens is 4. The summed E-state index contributed by atoms with van der Waals surface area (Å²) in [6.07, 6.45) is 1.89. The molecule has 2 amide bonds. The van der Waals surface area contributed by atoms with Gasteiger partial charge in [-0.25, -0.2) is 28.4 Å². The van der Waals surface area contributed by atoms with Crippen LogP contribution in [0.4, 0.5) is 27.5 Å². The number of benzene rings is 1. The van der Waals surface area contributed by atoms with E-state index in [1.54, 1.807) is 12.3 Å². The van der Waals surface area contributed by atoms with Gasteiger partial charge in [-0.1, -0.05) is 17.4 Å². The Bertz CT molecular complexity index is 1130. The number of fused-ring (bicyclic) bond motifs is 1. The predicted octanol–water partition coefficient (Wildman–Crippen LogP) is 4.31. The normalized spacial score (nSPS) is 16.3. The number of urea groups is 1. The number of nitrogens with zero attached hydrogens (tertiary/aromatic N) is 4.